The van der Waals surface area contributed by atoms with E-state index in [9.17, 15) is 19.2 Å². The highest BCUT2D eigenvalue weighted by atomic mass is 32.1. The first kappa shape index (κ1) is 25.4. The number of rotatable bonds is 9. The molecular weight excluding hydrogens is 454 g/mol. The average Bonchev–Trinajstić information content (AvgIpc) is 3.22. The second kappa shape index (κ2) is 10.4. The third-order valence-corrected chi connectivity index (χ3v) is 7.00. The van der Waals surface area contributed by atoms with Gasteiger partial charge in [0.2, 0.25) is 5.91 Å². The van der Waals surface area contributed by atoms with Gasteiger partial charge in [0, 0.05) is 4.88 Å². The van der Waals surface area contributed by atoms with E-state index in [0.717, 1.165) is 33.7 Å². The third-order valence-electron chi connectivity index (χ3n) is 5.94. The van der Waals surface area contributed by atoms with Crippen molar-refractivity contribution >= 4 is 40.2 Å². The van der Waals surface area contributed by atoms with Gasteiger partial charge in [-0.1, -0.05) is 44.5 Å². The van der Waals surface area contributed by atoms with E-state index in [2.05, 4.69) is 17.6 Å². The Hall–Kier alpha value is -3.20. The molecule has 1 aliphatic heterocycles. The van der Waals surface area contributed by atoms with Crippen LogP contribution in [0.4, 0.5) is 9.80 Å². The molecule has 1 aliphatic rings. The Balaban J connectivity index is 1.78. The predicted molar refractivity (Wildman–Crippen MR) is 131 cm³/mol. The standard InChI is InChI=1S/C25H31N3O5S/c1-6-9-16-10-12-17(13-11-16)25(5)23(31)28(24(32)27-25)14-19(29)26-21-20(22(30)33-8-3)18(7-2)15(4)34-21/h10-13H,6-9,14H2,1-5H3,(H,26,29)(H,27,32). The van der Waals surface area contributed by atoms with E-state index in [1.54, 1.807) is 13.8 Å². The number of aryl methyl sites for hydroxylation is 2. The number of carbonyl (C=O) groups excluding carboxylic acids is 4. The van der Waals surface area contributed by atoms with Crippen molar-refractivity contribution in [2.45, 2.75) is 59.4 Å². The fourth-order valence-corrected chi connectivity index (χ4v) is 5.30. The molecule has 0 bridgehead atoms. The van der Waals surface area contributed by atoms with Gasteiger partial charge in [-0.15, -0.1) is 11.3 Å². The van der Waals surface area contributed by atoms with Gasteiger partial charge in [-0.25, -0.2) is 9.59 Å². The Kier molecular flexibility index (Phi) is 7.76. The Morgan fingerprint density at radius 2 is 1.82 bits per heavy atom. The molecule has 0 spiro atoms. The molecule has 9 heteroatoms. The van der Waals surface area contributed by atoms with Crippen LogP contribution in [0.3, 0.4) is 0 Å². The normalized spacial score (nSPS) is 17.6. The van der Waals surface area contributed by atoms with Gasteiger partial charge in [-0.3, -0.25) is 14.5 Å². The summed E-state index contributed by atoms with van der Waals surface area (Å²) in [4.78, 5) is 53.0. The summed E-state index contributed by atoms with van der Waals surface area (Å²) in [6, 6.07) is 6.92. The maximum atomic E-state index is 13.2. The summed E-state index contributed by atoms with van der Waals surface area (Å²) >= 11 is 1.27. The zero-order valence-electron chi connectivity index (χ0n) is 20.2. The second-order valence-corrected chi connectivity index (χ2v) is 9.58. The Labute approximate surface area is 203 Å². The van der Waals surface area contributed by atoms with Crippen molar-refractivity contribution in [2.75, 3.05) is 18.5 Å². The molecule has 1 aromatic heterocycles. The molecule has 182 valence electrons. The van der Waals surface area contributed by atoms with E-state index < -0.39 is 35.9 Å². The van der Waals surface area contributed by atoms with Crippen LogP contribution >= 0.6 is 11.3 Å². The highest BCUT2D eigenvalue weighted by molar-refractivity contribution is 7.16. The molecule has 2 heterocycles. The molecule has 1 unspecified atom stereocenters. The quantitative estimate of drug-likeness (QED) is 0.410. The number of carbonyl (C=O) groups is 4. The van der Waals surface area contributed by atoms with Gasteiger partial charge in [-0.2, -0.15) is 0 Å². The topological polar surface area (TPSA) is 105 Å². The lowest BCUT2D eigenvalue weighted by Gasteiger charge is -2.22. The van der Waals surface area contributed by atoms with E-state index in [4.69, 9.17) is 4.74 Å². The van der Waals surface area contributed by atoms with Gasteiger partial charge in [0.05, 0.1) is 12.2 Å². The van der Waals surface area contributed by atoms with Crippen LogP contribution < -0.4 is 10.6 Å². The van der Waals surface area contributed by atoms with Crippen LogP contribution in [-0.4, -0.2) is 41.9 Å². The zero-order valence-corrected chi connectivity index (χ0v) is 21.1. The average molecular weight is 486 g/mol. The van der Waals surface area contributed by atoms with Crippen molar-refractivity contribution < 1.29 is 23.9 Å². The number of ether oxygens (including phenoxy) is 1. The summed E-state index contributed by atoms with van der Waals surface area (Å²) in [6.07, 6.45) is 2.55. The first-order valence-electron chi connectivity index (χ1n) is 11.5. The molecule has 0 radical (unpaired) electrons. The van der Waals surface area contributed by atoms with Crippen LogP contribution in [0.2, 0.25) is 0 Å². The number of benzene rings is 1. The third kappa shape index (κ3) is 4.84. The molecule has 34 heavy (non-hydrogen) atoms. The minimum absolute atomic E-state index is 0.213. The second-order valence-electron chi connectivity index (χ2n) is 8.36. The van der Waals surface area contributed by atoms with Gasteiger partial charge in [0.25, 0.3) is 5.91 Å². The molecule has 2 N–H and O–H groups in total. The lowest BCUT2D eigenvalue weighted by atomic mass is 9.91. The van der Waals surface area contributed by atoms with E-state index in [-0.39, 0.29) is 6.61 Å². The predicted octanol–water partition coefficient (Wildman–Crippen LogP) is 4.15. The van der Waals surface area contributed by atoms with Gasteiger partial charge in [-0.05, 0) is 50.3 Å². The smallest absolute Gasteiger partial charge is 0.341 e. The van der Waals surface area contributed by atoms with Crippen molar-refractivity contribution in [1.82, 2.24) is 10.2 Å². The summed E-state index contributed by atoms with van der Waals surface area (Å²) in [5.41, 5.74) is 1.69. The van der Waals surface area contributed by atoms with Crippen molar-refractivity contribution in [1.29, 1.82) is 0 Å². The number of amides is 4. The van der Waals surface area contributed by atoms with Gasteiger partial charge < -0.3 is 15.4 Å². The number of nitrogens with one attached hydrogen (secondary N) is 2. The van der Waals surface area contributed by atoms with E-state index in [1.165, 1.54) is 11.3 Å². The summed E-state index contributed by atoms with van der Waals surface area (Å²) in [6.45, 7) is 8.99. The molecule has 1 atom stereocenters. The van der Waals surface area contributed by atoms with Crippen LogP contribution in [0.5, 0.6) is 0 Å². The maximum absolute atomic E-state index is 13.2. The lowest BCUT2D eigenvalue weighted by Crippen LogP contribution is -2.42. The molecule has 1 saturated heterocycles. The first-order valence-corrected chi connectivity index (χ1v) is 12.3. The van der Waals surface area contributed by atoms with E-state index in [1.807, 2.05) is 38.1 Å². The fourth-order valence-electron chi connectivity index (χ4n) is 4.15. The molecule has 8 nitrogen and oxygen atoms in total. The lowest BCUT2D eigenvalue weighted by molar-refractivity contribution is -0.133. The van der Waals surface area contributed by atoms with Crippen LogP contribution in [0.1, 0.15) is 66.0 Å². The van der Waals surface area contributed by atoms with Crippen LogP contribution in [0.25, 0.3) is 0 Å². The Morgan fingerprint density at radius 1 is 1.15 bits per heavy atom. The number of urea groups is 1. The van der Waals surface area contributed by atoms with E-state index >= 15 is 0 Å². The SMILES string of the molecule is CCCc1ccc(C2(C)NC(=O)N(CC(=O)Nc3sc(C)c(CC)c3C(=O)OCC)C2=O)cc1. The van der Waals surface area contributed by atoms with Gasteiger partial charge >= 0.3 is 12.0 Å². The summed E-state index contributed by atoms with van der Waals surface area (Å²) in [5.74, 6) is -1.58. The monoisotopic (exact) mass is 485 g/mol. The minimum atomic E-state index is -1.26. The molecule has 4 amide bonds. The molecule has 0 aliphatic carbocycles. The molecule has 1 fully saturated rings. The number of hydrogen-bond acceptors (Lipinski definition) is 6. The number of nitrogens with zero attached hydrogens (tertiary/aromatic N) is 1. The molecule has 3 rings (SSSR count). The number of imide groups is 1. The van der Waals surface area contributed by atoms with Crippen LogP contribution in [-0.2, 0) is 32.7 Å². The summed E-state index contributed by atoms with van der Waals surface area (Å²) < 4.78 is 5.16. The summed E-state index contributed by atoms with van der Waals surface area (Å²) in [5, 5.41) is 5.79. The number of hydrogen-bond donors (Lipinski definition) is 2. The van der Waals surface area contributed by atoms with E-state index in [0.29, 0.717) is 22.5 Å². The highest BCUT2D eigenvalue weighted by Crippen LogP contribution is 2.34. The fraction of sp³-hybridized carbons (Fsp3) is 0.440. The molecule has 1 aromatic carbocycles. The Morgan fingerprint density at radius 3 is 2.41 bits per heavy atom. The van der Waals surface area contributed by atoms with Crippen LogP contribution in [0.15, 0.2) is 24.3 Å². The summed E-state index contributed by atoms with van der Waals surface area (Å²) in [7, 11) is 0. The van der Waals surface area contributed by atoms with Crippen molar-refractivity contribution in [3.63, 3.8) is 0 Å². The molecule has 2 aromatic rings. The molecule has 0 saturated carbocycles. The van der Waals surface area contributed by atoms with Gasteiger partial charge in [0.15, 0.2) is 0 Å². The van der Waals surface area contributed by atoms with Crippen LogP contribution in [0, 0.1) is 6.92 Å². The Bertz CT molecular complexity index is 1110. The number of thiophene rings is 1. The molecular formula is C25H31N3O5S. The zero-order chi connectivity index (χ0) is 25.0. The largest absolute Gasteiger partial charge is 0.462 e. The maximum Gasteiger partial charge on any atom is 0.341 e. The number of esters is 1. The number of anilines is 1. The highest BCUT2D eigenvalue weighted by Gasteiger charge is 2.49. The van der Waals surface area contributed by atoms with Crippen molar-refractivity contribution in [3.05, 3.63) is 51.4 Å². The van der Waals surface area contributed by atoms with Crippen molar-refractivity contribution in [2.24, 2.45) is 0 Å². The van der Waals surface area contributed by atoms with Gasteiger partial charge in [0.1, 0.15) is 17.1 Å². The van der Waals surface area contributed by atoms with Crippen molar-refractivity contribution in [3.8, 4) is 0 Å². The minimum Gasteiger partial charge on any atom is -0.462 e. The first-order chi connectivity index (χ1) is 16.2.